The zero-order valence-corrected chi connectivity index (χ0v) is 7.59. The van der Waals surface area contributed by atoms with Crippen molar-refractivity contribution in [2.75, 3.05) is 11.9 Å². The van der Waals surface area contributed by atoms with E-state index in [0.717, 1.165) is 29.4 Å². The second-order valence-electron chi connectivity index (χ2n) is 3.51. The monoisotopic (exact) mass is 183 g/mol. The van der Waals surface area contributed by atoms with Crippen LogP contribution in [0.15, 0.2) is 18.3 Å². The minimum atomic E-state index is 0.743. The molecule has 0 bridgehead atoms. The van der Waals surface area contributed by atoms with Crippen LogP contribution in [0.1, 0.15) is 11.1 Å². The Labute approximate surface area is 81.4 Å². The van der Waals surface area contributed by atoms with Crippen molar-refractivity contribution in [1.82, 2.24) is 4.98 Å². The molecule has 1 aromatic heterocycles. The van der Waals surface area contributed by atoms with Crippen molar-refractivity contribution in [3.63, 3.8) is 0 Å². The van der Waals surface area contributed by atoms with Gasteiger partial charge in [-0.15, -0.1) is 0 Å². The second kappa shape index (κ2) is 2.52. The van der Waals surface area contributed by atoms with Crippen molar-refractivity contribution in [3.8, 4) is 6.07 Å². The molecule has 2 heterocycles. The van der Waals surface area contributed by atoms with Gasteiger partial charge in [0.15, 0.2) is 0 Å². The molecule has 1 aliphatic rings. The normalized spacial score (nSPS) is 13.6. The summed E-state index contributed by atoms with van der Waals surface area (Å²) in [5.74, 6) is 0. The van der Waals surface area contributed by atoms with Gasteiger partial charge in [-0.1, -0.05) is 0 Å². The van der Waals surface area contributed by atoms with E-state index in [2.05, 4.69) is 16.4 Å². The van der Waals surface area contributed by atoms with Crippen LogP contribution in [0.25, 0.3) is 10.9 Å². The number of nitriles is 1. The predicted molar refractivity (Wildman–Crippen MR) is 55.2 cm³/mol. The number of nitrogens with zero attached hydrogens (tertiary/aromatic N) is 1. The first-order chi connectivity index (χ1) is 6.90. The van der Waals surface area contributed by atoms with E-state index in [-0.39, 0.29) is 0 Å². The highest BCUT2D eigenvalue weighted by molar-refractivity contribution is 5.98. The highest BCUT2D eigenvalue weighted by Gasteiger charge is 2.16. The summed E-state index contributed by atoms with van der Waals surface area (Å²) in [6.45, 7) is 0.977. The van der Waals surface area contributed by atoms with Crippen LogP contribution in [0, 0.1) is 11.3 Å². The van der Waals surface area contributed by atoms with Crippen molar-refractivity contribution in [1.29, 1.82) is 5.26 Å². The molecule has 14 heavy (non-hydrogen) atoms. The lowest BCUT2D eigenvalue weighted by Gasteiger charge is -2.02. The maximum atomic E-state index is 8.99. The van der Waals surface area contributed by atoms with Gasteiger partial charge < -0.3 is 10.3 Å². The summed E-state index contributed by atoms with van der Waals surface area (Å²) in [4.78, 5) is 3.11. The van der Waals surface area contributed by atoms with E-state index in [0.29, 0.717) is 0 Å². The van der Waals surface area contributed by atoms with Crippen molar-refractivity contribution >= 4 is 16.6 Å². The average Bonchev–Trinajstić information content (AvgIpc) is 2.83. The van der Waals surface area contributed by atoms with Crippen LogP contribution >= 0.6 is 0 Å². The highest BCUT2D eigenvalue weighted by Crippen LogP contribution is 2.32. The fourth-order valence-corrected chi connectivity index (χ4v) is 2.11. The fourth-order valence-electron chi connectivity index (χ4n) is 2.11. The lowest BCUT2D eigenvalue weighted by molar-refractivity contribution is 1.10. The topological polar surface area (TPSA) is 51.6 Å². The minimum absolute atomic E-state index is 0.743. The van der Waals surface area contributed by atoms with E-state index < -0.39 is 0 Å². The molecule has 0 aliphatic carbocycles. The third kappa shape index (κ3) is 0.801. The van der Waals surface area contributed by atoms with E-state index in [1.807, 2.05) is 18.3 Å². The number of H-pyrrole nitrogens is 1. The Bertz CT molecular complexity index is 545. The van der Waals surface area contributed by atoms with Crippen molar-refractivity contribution in [2.45, 2.75) is 6.42 Å². The van der Waals surface area contributed by atoms with Gasteiger partial charge in [0.2, 0.25) is 0 Å². The standard InChI is InChI=1S/C11H9N3/c12-6-8-5-7-1-3-13-10(7)9-2-4-14-11(8)9/h2,4-5,13-14H,1,3H2. The van der Waals surface area contributed by atoms with Crippen molar-refractivity contribution in [3.05, 3.63) is 29.5 Å². The van der Waals surface area contributed by atoms with Crippen LogP contribution in [0.4, 0.5) is 5.69 Å². The van der Waals surface area contributed by atoms with E-state index in [1.165, 1.54) is 11.3 Å². The number of aromatic amines is 1. The van der Waals surface area contributed by atoms with Gasteiger partial charge in [-0.3, -0.25) is 0 Å². The molecule has 3 nitrogen and oxygen atoms in total. The molecule has 3 rings (SSSR count). The molecule has 2 aromatic rings. The molecule has 0 fully saturated rings. The summed E-state index contributed by atoms with van der Waals surface area (Å²) >= 11 is 0. The minimum Gasteiger partial charge on any atom is -0.384 e. The summed E-state index contributed by atoms with van der Waals surface area (Å²) in [6, 6.07) is 6.23. The molecule has 0 amide bonds. The average molecular weight is 183 g/mol. The molecular formula is C11H9N3. The molecule has 0 saturated heterocycles. The lowest BCUT2D eigenvalue weighted by Crippen LogP contribution is -1.91. The van der Waals surface area contributed by atoms with Crippen LogP contribution in [0.3, 0.4) is 0 Å². The molecule has 3 heteroatoms. The molecule has 68 valence electrons. The molecule has 0 atom stereocenters. The summed E-state index contributed by atoms with van der Waals surface area (Å²) < 4.78 is 0. The van der Waals surface area contributed by atoms with Gasteiger partial charge in [-0.2, -0.15) is 5.26 Å². The number of fused-ring (bicyclic) bond motifs is 3. The van der Waals surface area contributed by atoms with Crippen molar-refractivity contribution in [2.24, 2.45) is 0 Å². The first kappa shape index (κ1) is 7.45. The SMILES string of the molecule is N#Cc1cc2c(c3cc[nH]c13)NCC2. The summed E-state index contributed by atoms with van der Waals surface area (Å²) in [7, 11) is 0. The van der Waals surface area contributed by atoms with Gasteiger partial charge in [0.05, 0.1) is 11.1 Å². The molecule has 1 aliphatic heterocycles. The van der Waals surface area contributed by atoms with E-state index in [4.69, 9.17) is 5.26 Å². The molecule has 2 N–H and O–H groups in total. The van der Waals surface area contributed by atoms with E-state index in [1.54, 1.807) is 0 Å². The second-order valence-corrected chi connectivity index (χ2v) is 3.51. The zero-order chi connectivity index (χ0) is 9.54. The maximum Gasteiger partial charge on any atom is 0.101 e. The molecule has 0 saturated carbocycles. The van der Waals surface area contributed by atoms with Crippen LogP contribution in [0.2, 0.25) is 0 Å². The Hall–Kier alpha value is -1.95. The largest absolute Gasteiger partial charge is 0.384 e. The summed E-state index contributed by atoms with van der Waals surface area (Å²) in [6.07, 6.45) is 2.90. The smallest absolute Gasteiger partial charge is 0.101 e. The predicted octanol–water partition coefficient (Wildman–Crippen LogP) is 2.01. The van der Waals surface area contributed by atoms with Gasteiger partial charge in [0.25, 0.3) is 0 Å². The zero-order valence-electron chi connectivity index (χ0n) is 7.59. The third-order valence-corrected chi connectivity index (χ3v) is 2.74. The van der Waals surface area contributed by atoms with Crippen LogP contribution in [-0.4, -0.2) is 11.5 Å². The molecule has 1 aromatic carbocycles. The fraction of sp³-hybridized carbons (Fsp3) is 0.182. The van der Waals surface area contributed by atoms with E-state index >= 15 is 0 Å². The summed E-state index contributed by atoms with van der Waals surface area (Å²) in [5, 5.41) is 13.5. The first-order valence-electron chi connectivity index (χ1n) is 4.67. The van der Waals surface area contributed by atoms with Gasteiger partial charge in [0.1, 0.15) is 6.07 Å². The number of hydrogen-bond donors (Lipinski definition) is 2. The van der Waals surface area contributed by atoms with E-state index in [9.17, 15) is 0 Å². The number of nitrogens with one attached hydrogen (secondary N) is 2. The number of anilines is 1. The highest BCUT2D eigenvalue weighted by atomic mass is 14.9. The summed E-state index contributed by atoms with van der Waals surface area (Å²) in [5.41, 5.74) is 4.14. The molecule has 0 spiro atoms. The Morgan fingerprint density at radius 2 is 2.36 bits per heavy atom. The number of aromatic nitrogens is 1. The number of benzene rings is 1. The molecular weight excluding hydrogens is 174 g/mol. The molecule has 0 unspecified atom stereocenters. The Balaban J connectivity index is 2.48. The molecule has 0 radical (unpaired) electrons. The Kier molecular flexibility index (Phi) is 1.34. The number of rotatable bonds is 0. The Morgan fingerprint density at radius 1 is 1.43 bits per heavy atom. The van der Waals surface area contributed by atoms with Crippen LogP contribution < -0.4 is 5.32 Å². The van der Waals surface area contributed by atoms with Gasteiger partial charge in [-0.05, 0) is 24.1 Å². The lowest BCUT2D eigenvalue weighted by atomic mass is 10.0. The van der Waals surface area contributed by atoms with Crippen LogP contribution in [-0.2, 0) is 6.42 Å². The van der Waals surface area contributed by atoms with Crippen molar-refractivity contribution < 1.29 is 0 Å². The maximum absolute atomic E-state index is 8.99. The Morgan fingerprint density at radius 3 is 3.21 bits per heavy atom. The van der Waals surface area contributed by atoms with Gasteiger partial charge in [0, 0.05) is 23.8 Å². The quantitative estimate of drug-likeness (QED) is 0.656. The van der Waals surface area contributed by atoms with Crippen LogP contribution in [0.5, 0.6) is 0 Å². The van der Waals surface area contributed by atoms with Gasteiger partial charge >= 0.3 is 0 Å². The van der Waals surface area contributed by atoms with Gasteiger partial charge in [-0.25, -0.2) is 0 Å². The number of hydrogen-bond acceptors (Lipinski definition) is 2. The first-order valence-corrected chi connectivity index (χ1v) is 4.67. The third-order valence-electron chi connectivity index (χ3n) is 2.74.